The van der Waals surface area contributed by atoms with Crippen LogP contribution in [0.25, 0.3) is 0 Å². The first-order chi connectivity index (χ1) is 7.78. The zero-order valence-electron chi connectivity index (χ0n) is 8.95. The Kier molecular flexibility index (Phi) is 6.34. The maximum absolute atomic E-state index is 12.0. The normalized spacial score (nSPS) is 13.1. The second kappa shape index (κ2) is 6.75. The fourth-order valence-electron chi connectivity index (χ4n) is 1.24. The average Bonchev–Trinajstić information content (AvgIpc) is 2.15. The summed E-state index contributed by atoms with van der Waals surface area (Å²) < 4.78 is 63.1. The van der Waals surface area contributed by atoms with Gasteiger partial charge in [0.05, 0.1) is 0 Å². The largest absolute Gasteiger partial charge is 0.573 e. The molecule has 0 fully saturated rings. The lowest BCUT2D eigenvalue weighted by Gasteiger charge is -2.13. The number of ether oxygens (including phenoxy) is 1. The molecule has 2 nitrogen and oxygen atoms in total. The summed E-state index contributed by atoms with van der Waals surface area (Å²) in [5, 5.41) is 0. The van der Waals surface area contributed by atoms with Crippen molar-refractivity contribution in [3.05, 3.63) is 29.8 Å². The number of halogens is 6. The number of alkyl halides is 5. The second-order valence-corrected chi connectivity index (χ2v) is 3.35. The summed E-state index contributed by atoms with van der Waals surface area (Å²) in [6.45, 7) is 0. The van der Waals surface area contributed by atoms with E-state index >= 15 is 0 Å². The van der Waals surface area contributed by atoms with Gasteiger partial charge in [0.25, 0.3) is 0 Å². The van der Waals surface area contributed by atoms with Crippen LogP contribution in [0.5, 0.6) is 5.75 Å². The highest BCUT2D eigenvalue weighted by Gasteiger charge is 2.31. The van der Waals surface area contributed by atoms with Crippen LogP contribution >= 0.6 is 12.4 Å². The molecule has 0 saturated heterocycles. The van der Waals surface area contributed by atoms with Gasteiger partial charge in [-0.25, -0.2) is 8.78 Å². The predicted octanol–water partition coefficient (Wildman–Crippen LogP) is 3.66. The van der Waals surface area contributed by atoms with Crippen LogP contribution in [0.3, 0.4) is 0 Å². The molecule has 0 heterocycles. The Labute approximate surface area is 106 Å². The highest BCUT2D eigenvalue weighted by Crippen LogP contribution is 2.25. The standard InChI is InChI=1S/C10H10F5NO.ClH/c11-9(12)5-8(16)6-1-3-7(4-2-6)17-10(13,14)15;/h1-4,8-9H,5,16H2;1H/t8-;/m0./s1. The van der Waals surface area contributed by atoms with Crippen LogP contribution in [-0.4, -0.2) is 12.8 Å². The molecule has 18 heavy (non-hydrogen) atoms. The summed E-state index contributed by atoms with van der Waals surface area (Å²) in [7, 11) is 0. The van der Waals surface area contributed by atoms with Gasteiger partial charge in [-0.1, -0.05) is 12.1 Å². The lowest BCUT2D eigenvalue weighted by molar-refractivity contribution is -0.274. The van der Waals surface area contributed by atoms with E-state index in [9.17, 15) is 22.0 Å². The van der Waals surface area contributed by atoms with Crippen molar-refractivity contribution < 1.29 is 26.7 Å². The minimum absolute atomic E-state index is 0. The fraction of sp³-hybridized carbons (Fsp3) is 0.400. The van der Waals surface area contributed by atoms with Gasteiger partial charge in [-0.2, -0.15) is 0 Å². The number of nitrogens with two attached hydrogens (primary N) is 1. The molecule has 104 valence electrons. The van der Waals surface area contributed by atoms with Crippen molar-refractivity contribution in [2.45, 2.75) is 25.3 Å². The summed E-state index contributed by atoms with van der Waals surface area (Å²) in [4.78, 5) is 0. The third-order valence-corrected chi connectivity index (χ3v) is 1.97. The van der Waals surface area contributed by atoms with Crippen LogP contribution in [0.4, 0.5) is 22.0 Å². The van der Waals surface area contributed by atoms with Gasteiger partial charge in [0.15, 0.2) is 0 Å². The molecule has 0 aliphatic carbocycles. The molecule has 0 aliphatic rings. The van der Waals surface area contributed by atoms with Crippen molar-refractivity contribution in [2.24, 2.45) is 5.73 Å². The number of hydrogen-bond donors (Lipinski definition) is 1. The van der Waals surface area contributed by atoms with E-state index in [0.29, 0.717) is 5.56 Å². The Hall–Kier alpha value is -1.08. The topological polar surface area (TPSA) is 35.2 Å². The zero-order valence-corrected chi connectivity index (χ0v) is 9.77. The summed E-state index contributed by atoms with van der Waals surface area (Å²) in [5.74, 6) is -0.412. The summed E-state index contributed by atoms with van der Waals surface area (Å²) in [5.41, 5.74) is 5.76. The van der Waals surface area contributed by atoms with Gasteiger partial charge in [-0.05, 0) is 17.7 Å². The van der Waals surface area contributed by atoms with Crippen molar-refractivity contribution in [3.63, 3.8) is 0 Å². The molecular weight excluding hydrogens is 281 g/mol. The van der Waals surface area contributed by atoms with Crippen molar-refractivity contribution >= 4 is 12.4 Å². The van der Waals surface area contributed by atoms with Gasteiger partial charge < -0.3 is 10.5 Å². The smallest absolute Gasteiger partial charge is 0.406 e. The van der Waals surface area contributed by atoms with Gasteiger partial charge in [0.2, 0.25) is 6.43 Å². The molecular formula is C10H11ClF5NO. The van der Waals surface area contributed by atoms with Crippen LogP contribution in [0, 0.1) is 0 Å². The third kappa shape index (κ3) is 6.02. The lowest BCUT2D eigenvalue weighted by Crippen LogP contribution is -2.17. The third-order valence-electron chi connectivity index (χ3n) is 1.97. The van der Waals surface area contributed by atoms with Crippen LogP contribution < -0.4 is 10.5 Å². The lowest BCUT2D eigenvalue weighted by atomic mass is 10.1. The van der Waals surface area contributed by atoms with E-state index in [1.54, 1.807) is 0 Å². The summed E-state index contributed by atoms with van der Waals surface area (Å²) in [6.07, 6.45) is -7.87. The van der Waals surface area contributed by atoms with Crippen LogP contribution in [-0.2, 0) is 0 Å². The molecule has 1 aromatic carbocycles. The fourth-order valence-corrected chi connectivity index (χ4v) is 1.24. The van der Waals surface area contributed by atoms with Gasteiger partial charge in [0.1, 0.15) is 5.75 Å². The molecule has 1 atom stereocenters. The first kappa shape index (κ1) is 16.9. The maximum Gasteiger partial charge on any atom is 0.573 e. The van der Waals surface area contributed by atoms with E-state index in [-0.39, 0.29) is 12.4 Å². The predicted molar refractivity (Wildman–Crippen MR) is 57.9 cm³/mol. The average molecular weight is 292 g/mol. The Balaban J connectivity index is 0.00000289. The Morgan fingerprint density at radius 1 is 1.11 bits per heavy atom. The van der Waals surface area contributed by atoms with Crippen molar-refractivity contribution in [2.75, 3.05) is 0 Å². The first-order valence-corrected chi connectivity index (χ1v) is 4.67. The van der Waals surface area contributed by atoms with E-state index in [1.807, 2.05) is 0 Å². The number of hydrogen-bond acceptors (Lipinski definition) is 2. The van der Waals surface area contributed by atoms with E-state index in [4.69, 9.17) is 5.73 Å². The molecule has 2 N–H and O–H groups in total. The molecule has 0 aromatic heterocycles. The molecule has 0 spiro atoms. The quantitative estimate of drug-likeness (QED) is 0.859. The molecule has 0 bridgehead atoms. The minimum Gasteiger partial charge on any atom is -0.406 e. The van der Waals surface area contributed by atoms with Gasteiger partial charge in [-0.15, -0.1) is 25.6 Å². The van der Waals surface area contributed by atoms with Crippen molar-refractivity contribution in [3.8, 4) is 5.75 Å². The molecule has 0 radical (unpaired) electrons. The molecule has 0 unspecified atom stereocenters. The van der Waals surface area contributed by atoms with Gasteiger partial charge in [-0.3, -0.25) is 0 Å². The summed E-state index contributed by atoms with van der Waals surface area (Å²) in [6, 6.07) is 3.62. The molecule has 1 rings (SSSR count). The Bertz CT molecular complexity index is 354. The maximum atomic E-state index is 12.0. The number of benzene rings is 1. The van der Waals surface area contributed by atoms with Gasteiger partial charge >= 0.3 is 6.36 Å². The van der Waals surface area contributed by atoms with E-state index in [1.165, 1.54) is 12.1 Å². The van der Waals surface area contributed by atoms with E-state index in [2.05, 4.69) is 4.74 Å². The minimum atomic E-state index is -4.77. The molecule has 0 aliphatic heterocycles. The van der Waals surface area contributed by atoms with Crippen LogP contribution in [0.15, 0.2) is 24.3 Å². The SMILES string of the molecule is Cl.N[C@@H](CC(F)F)c1ccc(OC(F)(F)F)cc1. The van der Waals surface area contributed by atoms with Crippen molar-refractivity contribution in [1.29, 1.82) is 0 Å². The highest BCUT2D eigenvalue weighted by molar-refractivity contribution is 5.85. The zero-order chi connectivity index (χ0) is 13.1. The highest BCUT2D eigenvalue weighted by atomic mass is 35.5. The molecule has 1 aromatic rings. The molecule has 8 heteroatoms. The van der Waals surface area contributed by atoms with Crippen LogP contribution in [0.2, 0.25) is 0 Å². The van der Waals surface area contributed by atoms with Crippen LogP contribution in [0.1, 0.15) is 18.0 Å². The second-order valence-electron chi connectivity index (χ2n) is 3.35. The monoisotopic (exact) mass is 291 g/mol. The van der Waals surface area contributed by atoms with Gasteiger partial charge in [0, 0.05) is 12.5 Å². The van der Waals surface area contributed by atoms with E-state index in [0.717, 1.165) is 12.1 Å². The Morgan fingerprint density at radius 2 is 1.61 bits per heavy atom. The van der Waals surface area contributed by atoms with Crippen molar-refractivity contribution in [1.82, 2.24) is 0 Å². The molecule has 0 saturated carbocycles. The van der Waals surface area contributed by atoms with E-state index < -0.39 is 31.0 Å². The number of rotatable bonds is 4. The molecule has 0 amide bonds. The summed E-state index contributed by atoms with van der Waals surface area (Å²) >= 11 is 0. The first-order valence-electron chi connectivity index (χ1n) is 4.67. The Morgan fingerprint density at radius 3 is 2.00 bits per heavy atom.